The van der Waals surface area contributed by atoms with E-state index < -0.39 is 10.1 Å². The molecule has 112 valence electrons. The molecule has 0 unspecified atom stereocenters. The minimum atomic E-state index is -3.26. The van der Waals surface area contributed by atoms with Crippen molar-refractivity contribution in [3.8, 4) is 6.07 Å². The van der Waals surface area contributed by atoms with E-state index in [9.17, 15) is 8.42 Å². The maximum atomic E-state index is 10.7. The third-order valence-corrected chi connectivity index (χ3v) is 3.58. The van der Waals surface area contributed by atoms with Gasteiger partial charge in [0, 0.05) is 6.42 Å². The van der Waals surface area contributed by atoms with Gasteiger partial charge in [0.1, 0.15) is 0 Å². The van der Waals surface area contributed by atoms with Gasteiger partial charge in [-0.3, -0.25) is 4.18 Å². The lowest BCUT2D eigenvalue weighted by molar-refractivity contribution is 0.309. The third-order valence-electron chi connectivity index (χ3n) is 2.98. The molecule has 0 radical (unpaired) electrons. The number of unbranched alkanes of at least 4 members (excludes halogenated alkanes) is 10. The summed E-state index contributed by atoms with van der Waals surface area (Å²) in [6.07, 6.45) is 13.3. The minimum Gasteiger partial charge on any atom is -0.270 e. The zero-order valence-corrected chi connectivity index (χ0v) is 12.9. The number of nitriles is 1. The van der Waals surface area contributed by atoms with Crippen LogP contribution in [0.2, 0.25) is 0 Å². The fourth-order valence-corrected chi connectivity index (χ4v) is 2.35. The maximum absolute atomic E-state index is 10.7. The van der Waals surface area contributed by atoms with Crippen LogP contribution in [0.5, 0.6) is 0 Å². The largest absolute Gasteiger partial charge is 0.270 e. The third kappa shape index (κ3) is 17.4. The highest BCUT2D eigenvalue weighted by Crippen LogP contribution is 2.11. The molecule has 0 fully saturated rings. The Bertz CT molecular complexity index is 333. The summed E-state index contributed by atoms with van der Waals surface area (Å²) in [5.74, 6) is 0. The molecule has 0 aromatic heterocycles. The number of rotatable bonds is 13. The van der Waals surface area contributed by atoms with E-state index in [1.807, 2.05) is 0 Å². The minimum absolute atomic E-state index is 0.317. The lowest BCUT2D eigenvalue weighted by Crippen LogP contribution is -2.03. The summed E-state index contributed by atoms with van der Waals surface area (Å²) in [6.45, 7) is 0.317. The van der Waals surface area contributed by atoms with Crippen LogP contribution in [0.1, 0.15) is 70.6 Å². The van der Waals surface area contributed by atoms with E-state index in [1.165, 1.54) is 38.5 Å². The van der Waals surface area contributed by atoms with Crippen LogP contribution < -0.4 is 0 Å². The first-order chi connectivity index (χ1) is 9.06. The van der Waals surface area contributed by atoms with Crippen molar-refractivity contribution in [2.45, 2.75) is 70.6 Å². The van der Waals surface area contributed by atoms with Gasteiger partial charge in [-0.05, 0) is 12.8 Å². The Hall–Kier alpha value is -0.600. The number of hydrogen-bond acceptors (Lipinski definition) is 4. The topological polar surface area (TPSA) is 67.2 Å². The molecular weight excluding hydrogens is 262 g/mol. The van der Waals surface area contributed by atoms with Crippen molar-refractivity contribution >= 4 is 10.1 Å². The molecular formula is C14H27NO3S. The van der Waals surface area contributed by atoms with E-state index in [1.54, 1.807) is 0 Å². The zero-order chi connectivity index (χ0) is 14.4. The van der Waals surface area contributed by atoms with Crippen molar-refractivity contribution in [2.75, 3.05) is 12.9 Å². The molecule has 0 saturated heterocycles. The highest BCUT2D eigenvalue weighted by molar-refractivity contribution is 7.85. The van der Waals surface area contributed by atoms with Crippen molar-refractivity contribution in [2.24, 2.45) is 0 Å². The van der Waals surface area contributed by atoms with Gasteiger partial charge >= 0.3 is 0 Å². The SMILES string of the molecule is CS(=O)(=O)OCCCCCCCCCCCCC#N. The highest BCUT2D eigenvalue weighted by atomic mass is 32.2. The van der Waals surface area contributed by atoms with Crippen LogP contribution in [0.4, 0.5) is 0 Å². The average molecular weight is 289 g/mol. The molecule has 0 aliphatic rings. The van der Waals surface area contributed by atoms with Crippen molar-refractivity contribution in [1.29, 1.82) is 5.26 Å². The second-order valence-electron chi connectivity index (χ2n) is 4.97. The van der Waals surface area contributed by atoms with Crippen LogP contribution >= 0.6 is 0 Å². The van der Waals surface area contributed by atoms with Crippen LogP contribution in [-0.4, -0.2) is 21.3 Å². The Morgan fingerprint density at radius 1 is 0.842 bits per heavy atom. The Morgan fingerprint density at radius 2 is 1.26 bits per heavy atom. The number of nitrogens with zero attached hydrogens (tertiary/aromatic N) is 1. The molecule has 0 aliphatic heterocycles. The zero-order valence-electron chi connectivity index (χ0n) is 12.1. The van der Waals surface area contributed by atoms with Crippen molar-refractivity contribution in [3.05, 3.63) is 0 Å². The van der Waals surface area contributed by atoms with Gasteiger partial charge in [-0.15, -0.1) is 0 Å². The molecule has 0 atom stereocenters. The Morgan fingerprint density at radius 3 is 1.68 bits per heavy atom. The van der Waals surface area contributed by atoms with E-state index >= 15 is 0 Å². The normalized spacial score (nSPS) is 11.4. The lowest BCUT2D eigenvalue weighted by atomic mass is 10.1. The van der Waals surface area contributed by atoms with Gasteiger partial charge in [0.2, 0.25) is 0 Å². The molecule has 5 heteroatoms. The van der Waals surface area contributed by atoms with Gasteiger partial charge in [0.05, 0.1) is 18.9 Å². The molecule has 0 aromatic carbocycles. The maximum Gasteiger partial charge on any atom is 0.264 e. The summed E-state index contributed by atoms with van der Waals surface area (Å²) in [5, 5.41) is 8.38. The van der Waals surface area contributed by atoms with Crippen LogP contribution in [0.15, 0.2) is 0 Å². The van der Waals surface area contributed by atoms with E-state index in [-0.39, 0.29) is 0 Å². The first-order valence-electron chi connectivity index (χ1n) is 7.27. The lowest BCUT2D eigenvalue weighted by Gasteiger charge is -2.02. The Kier molecular flexibility index (Phi) is 12.0. The smallest absolute Gasteiger partial charge is 0.264 e. The highest BCUT2D eigenvalue weighted by Gasteiger charge is 2.00. The molecule has 0 aromatic rings. The summed E-state index contributed by atoms with van der Waals surface area (Å²) in [5.41, 5.74) is 0. The first-order valence-corrected chi connectivity index (χ1v) is 9.09. The summed E-state index contributed by atoms with van der Waals surface area (Å²) in [6, 6.07) is 2.16. The molecule has 0 N–H and O–H groups in total. The van der Waals surface area contributed by atoms with Crippen LogP contribution in [-0.2, 0) is 14.3 Å². The second kappa shape index (κ2) is 12.4. The molecule has 0 heterocycles. The van der Waals surface area contributed by atoms with Crippen molar-refractivity contribution in [3.63, 3.8) is 0 Å². The van der Waals surface area contributed by atoms with Crippen LogP contribution in [0.3, 0.4) is 0 Å². The number of hydrogen-bond donors (Lipinski definition) is 0. The Balaban J connectivity index is 3.05. The van der Waals surface area contributed by atoms with Crippen LogP contribution in [0, 0.1) is 11.3 Å². The van der Waals surface area contributed by atoms with Crippen molar-refractivity contribution < 1.29 is 12.6 Å². The standard InChI is InChI=1S/C14H27NO3S/c1-19(16,17)18-14-12-10-8-6-4-2-3-5-7-9-11-13-15/h2-12,14H2,1H3. The van der Waals surface area contributed by atoms with Gasteiger partial charge in [0.25, 0.3) is 10.1 Å². The van der Waals surface area contributed by atoms with E-state index in [0.717, 1.165) is 31.9 Å². The molecule has 0 amide bonds. The predicted octanol–water partition coefficient (Wildman–Crippen LogP) is 3.78. The van der Waals surface area contributed by atoms with E-state index in [0.29, 0.717) is 13.0 Å². The fraction of sp³-hybridized carbons (Fsp3) is 0.929. The van der Waals surface area contributed by atoms with Gasteiger partial charge in [-0.2, -0.15) is 13.7 Å². The first kappa shape index (κ1) is 18.4. The molecule has 4 nitrogen and oxygen atoms in total. The average Bonchev–Trinajstić information content (AvgIpc) is 2.34. The van der Waals surface area contributed by atoms with Gasteiger partial charge in [0.15, 0.2) is 0 Å². The monoisotopic (exact) mass is 289 g/mol. The Labute approximate surface area is 118 Å². The summed E-state index contributed by atoms with van der Waals surface area (Å²) >= 11 is 0. The van der Waals surface area contributed by atoms with Crippen LogP contribution in [0.25, 0.3) is 0 Å². The summed E-state index contributed by atoms with van der Waals surface area (Å²) < 4.78 is 26.1. The molecule has 0 rings (SSSR count). The quantitative estimate of drug-likeness (QED) is 0.382. The summed E-state index contributed by atoms with van der Waals surface area (Å²) in [4.78, 5) is 0. The van der Waals surface area contributed by atoms with Gasteiger partial charge in [-0.1, -0.05) is 51.4 Å². The second-order valence-corrected chi connectivity index (χ2v) is 6.61. The van der Waals surface area contributed by atoms with Crippen molar-refractivity contribution in [1.82, 2.24) is 0 Å². The van der Waals surface area contributed by atoms with E-state index in [4.69, 9.17) is 5.26 Å². The fourth-order valence-electron chi connectivity index (χ4n) is 1.93. The molecule has 0 bridgehead atoms. The summed E-state index contributed by atoms with van der Waals surface area (Å²) in [7, 11) is -3.26. The molecule has 0 spiro atoms. The predicted molar refractivity (Wildman–Crippen MR) is 77.2 cm³/mol. The molecule has 0 aliphatic carbocycles. The molecule has 0 saturated carbocycles. The van der Waals surface area contributed by atoms with Gasteiger partial charge < -0.3 is 0 Å². The van der Waals surface area contributed by atoms with Gasteiger partial charge in [-0.25, -0.2) is 0 Å². The molecule has 19 heavy (non-hydrogen) atoms. The van der Waals surface area contributed by atoms with E-state index in [2.05, 4.69) is 10.3 Å².